The minimum Gasteiger partial charge on any atom is -0.369 e. The first-order valence-corrected chi connectivity index (χ1v) is 6.69. The van der Waals surface area contributed by atoms with Crippen LogP contribution in [0.25, 0.3) is 11.1 Å². The van der Waals surface area contributed by atoms with Gasteiger partial charge < -0.3 is 5.73 Å². The Hall–Kier alpha value is -1.58. The molecule has 0 saturated carbocycles. The van der Waals surface area contributed by atoms with E-state index in [2.05, 4.69) is 0 Å². The van der Waals surface area contributed by atoms with Crippen molar-refractivity contribution in [1.29, 1.82) is 0 Å². The Kier molecular flexibility index (Phi) is 4.31. The van der Waals surface area contributed by atoms with Gasteiger partial charge in [-0.15, -0.1) is 0 Å². The number of amides is 1. The third-order valence-corrected chi connectivity index (χ3v) is 3.53. The fraction of sp³-hybridized carbons (Fsp3) is 0.133. The van der Waals surface area contributed by atoms with E-state index in [1.165, 1.54) is 6.07 Å². The van der Waals surface area contributed by atoms with Gasteiger partial charge in [-0.25, -0.2) is 4.39 Å². The van der Waals surface area contributed by atoms with E-state index in [0.29, 0.717) is 26.7 Å². The summed E-state index contributed by atoms with van der Waals surface area (Å²) in [4.78, 5) is 11.1. The fourth-order valence-corrected chi connectivity index (χ4v) is 2.43. The van der Waals surface area contributed by atoms with Crippen LogP contribution in [0.3, 0.4) is 0 Å². The van der Waals surface area contributed by atoms with Crippen LogP contribution in [0.5, 0.6) is 0 Å². The Labute approximate surface area is 126 Å². The van der Waals surface area contributed by atoms with Crippen LogP contribution in [-0.4, -0.2) is 5.91 Å². The lowest BCUT2D eigenvalue weighted by Gasteiger charge is -2.10. The third kappa shape index (κ3) is 3.11. The van der Waals surface area contributed by atoms with Crippen LogP contribution >= 0.6 is 23.2 Å². The lowest BCUT2D eigenvalue weighted by Crippen LogP contribution is -2.18. The van der Waals surface area contributed by atoms with Crippen LogP contribution < -0.4 is 5.73 Å². The minimum absolute atomic E-state index is 0.370. The zero-order valence-electron chi connectivity index (χ0n) is 10.7. The van der Waals surface area contributed by atoms with Gasteiger partial charge in [-0.05, 0) is 42.3 Å². The first-order chi connectivity index (χ1) is 9.38. The van der Waals surface area contributed by atoms with E-state index in [9.17, 15) is 9.18 Å². The first kappa shape index (κ1) is 14.8. The molecule has 20 heavy (non-hydrogen) atoms. The summed E-state index contributed by atoms with van der Waals surface area (Å²) in [6.07, 6.45) is 0. The molecule has 0 bridgehead atoms. The minimum atomic E-state index is -0.540. The van der Waals surface area contributed by atoms with Crippen LogP contribution in [0, 0.1) is 5.82 Å². The quantitative estimate of drug-likeness (QED) is 0.897. The molecule has 1 atom stereocenters. The number of carbonyl (C=O) groups excluding carboxylic acids is 1. The number of carbonyl (C=O) groups is 1. The molecule has 2 N–H and O–H groups in total. The molecule has 2 rings (SSSR count). The van der Waals surface area contributed by atoms with Crippen molar-refractivity contribution in [3.8, 4) is 11.1 Å². The molecular weight excluding hydrogens is 300 g/mol. The Balaban J connectivity index is 2.46. The van der Waals surface area contributed by atoms with E-state index in [-0.39, 0.29) is 0 Å². The Morgan fingerprint density at radius 3 is 2.25 bits per heavy atom. The van der Waals surface area contributed by atoms with Gasteiger partial charge in [-0.2, -0.15) is 0 Å². The lowest BCUT2D eigenvalue weighted by atomic mass is 9.96. The summed E-state index contributed by atoms with van der Waals surface area (Å²) in [6.45, 7) is 1.63. The van der Waals surface area contributed by atoms with E-state index in [0.717, 1.165) is 0 Å². The molecule has 0 saturated heterocycles. The topological polar surface area (TPSA) is 43.1 Å². The zero-order valence-corrected chi connectivity index (χ0v) is 12.2. The second-order valence-electron chi connectivity index (χ2n) is 4.52. The predicted molar refractivity (Wildman–Crippen MR) is 79.5 cm³/mol. The maximum Gasteiger partial charge on any atom is 0.224 e. The van der Waals surface area contributed by atoms with Crippen LogP contribution in [-0.2, 0) is 4.79 Å². The highest BCUT2D eigenvalue weighted by Gasteiger charge is 2.15. The molecule has 0 aliphatic heterocycles. The monoisotopic (exact) mass is 311 g/mol. The summed E-state index contributed by atoms with van der Waals surface area (Å²) in [7, 11) is 0. The van der Waals surface area contributed by atoms with Crippen molar-refractivity contribution in [3.63, 3.8) is 0 Å². The van der Waals surface area contributed by atoms with Gasteiger partial charge in [0, 0.05) is 15.6 Å². The van der Waals surface area contributed by atoms with Crippen molar-refractivity contribution < 1.29 is 9.18 Å². The van der Waals surface area contributed by atoms with Gasteiger partial charge in [0.1, 0.15) is 5.82 Å². The smallest absolute Gasteiger partial charge is 0.224 e. The SMILES string of the molecule is C[C@H](C(N)=O)c1ccc(-c2cc(Cl)cc(Cl)c2)c(F)c1. The lowest BCUT2D eigenvalue weighted by molar-refractivity contribution is -0.119. The van der Waals surface area contributed by atoms with Crippen molar-refractivity contribution >= 4 is 29.1 Å². The molecule has 5 heteroatoms. The van der Waals surface area contributed by atoms with Crippen molar-refractivity contribution in [2.45, 2.75) is 12.8 Å². The van der Waals surface area contributed by atoms with Crippen LogP contribution in [0.1, 0.15) is 18.4 Å². The number of benzene rings is 2. The normalized spacial score (nSPS) is 12.2. The molecule has 0 unspecified atom stereocenters. The number of halogens is 3. The maximum absolute atomic E-state index is 14.2. The Morgan fingerprint density at radius 1 is 1.15 bits per heavy atom. The molecule has 1 amide bonds. The van der Waals surface area contributed by atoms with E-state index in [4.69, 9.17) is 28.9 Å². The second-order valence-corrected chi connectivity index (χ2v) is 5.39. The molecule has 0 radical (unpaired) electrons. The van der Waals surface area contributed by atoms with Gasteiger partial charge in [-0.3, -0.25) is 4.79 Å². The molecule has 2 aromatic rings. The Bertz CT molecular complexity index is 653. The molecule has 0 fully saturated rings. The maximum atomic E-state index is 14.2. The van der Waals surface area contributed by atoms with E-state index >= 15 is 0 Å². The van der Waals surface area contributed by atoms with Crippen molar-refractivity contribution in [3.05, 3.63) is 57.8 Å². The zero-order chi connectivity index (χ0) is 14.9. The molecule has 0 heterocycles. The highest BCUT2D eigenvalue weighted by molar-refractivity contribution is 6.35. The number of nitrogens with two attached hydrogens (primary N) is 1. The fourth-order valence-electron chi connectivity index (χ4n) is 1.91. The average molecular weight is 312 g/mol. The van der Waals surface area contributed by atoms with Crippen LogP contribution in [0.15, 0.2) is 36.4 Å². The molecule has 0 aliphatic rings. The summed E-state index contributed by atoms with van der Waals surface area (Å²) in [5, 5.41) is 0.864. The highest BCUT2D eigenvalue weighted by atomic mass is 35.5. The number of hydrogen-bond acceptors (Lipinski definition) is 1. The second kappa shape index (κ2) is 5.81. The molecule has 104 valence electrons. The van der Waals surface area contributed by atoms with E-state index in [1.54, 1.807) is 37.3 Å². The van der Waals surface area contributed by atoms with E-state index in [1.807, 2.05) is 0 Å². The van der Waals surface area contributed by atoms with Gasteiger partial charge >= 0.3 is 0 Å². The molecule has 2 nitrogen and oxygen atoms in total. The van der Waals surface area contributed by atoms with Crippen molar-refractivity contribution in [2.75, 3.05) is 0 Å². The molecule has 2 aromatic carbocycles. The third-order valence-electron chi connectivity index (χ3n) is 3.09. The van der Waals surface area contributed by atoms with Crippen molar-refractivity contribution in [1.82, 2.24) is 0 Å². The highest BCUT2D eigenvalue weighted by Crippen LogP contribution is 2.30. The first-order valence-electron chi connectivity index (χ1n) is 5.93. The number of hydrogen-bond donors (Lipinski definition) is 1. The van der Waals surface area contributed by atoms with Gasteiger partial charge in [0.2, 0.25) is 5.91 Å². The average Bonchev–Trinajstić information content (AvgIpc) is 2.36. The summed E-state index contributed by atoms with van der Waals surface area (Å²) < 4.78 is 14.2. The largest absolute Gasteiger partial charge is 0.369 e. The summed E-state index contributed by atoms with van der Waals surface area (Å²) in [6, 6.07) is 9.40. The number of rotatable bonds is 3. The molecule has 0 aromatic heterocycles. The van der Waals surface area contributed by atoms with Crippen molar-refractivity contribution in [2.24, 2.45) is 5.73 Å². The molecule has 0 aliphatic carbocycles. The molecule has 0 spiro atoms. The predicted octanol–water partition coefficient (Wildman–Crippen LogP) is 4.39. The summed E-state index contributed by atoms with van der Waals surface area (Å²) in [5.74, 6) is -1.49. The van der Waals surface area contributed by atoms with Gasteiger partial charge in [0.05, 0.1) is 5.92 Å². The Morgan fingerprint density at radius 2 is 1.75 bits per heavy atom. The summed E-state index contributed by atoms with van der Waals surface area (Å²) in [5.41, 5.74) is 6.70. The standard InChI is InChI=1S/C15H12Cl2FNO/c1-8(15(19)20)9-2-3-13(14(18)6-9)10-4-11(16)7-12(17)5-10/h2-8H,1H3,(H2,19,20)/t8-/m0/s1. The van der Waals surface area contributed by atoms with Gasteiger partial charge in [0.15, 0.2) is 0 Å². The van der Waals surface area contributed by atoms with Crippen LogP contribution in [0.2, 0.25) is 10.0 Å². The molecular formula is C15H12Cl2FNO. The summed E-state index contributed by atoms with van der Waals surface area (Å²) >= 11 is 11.8. The number of primary amides is 1. The van der Waals surface area contributed by atoms with Gasteiger partial charge in [0.25, 0.3) is 0 Å². The van der Waals surface area contributed by atoms with Gasteiger partial charge in [-0.1, -0.05) is 35.3 Å². The van der Waals surface area contributed by atoms with Crippen LogP contribution in [0.4, 0.5) is 4.39 Å². The van der Waals surface area contributed by atoms with E-state index < -0.39 is 17.6 Å².